The molecule has 2 heteroatoms. The van der Waals surface area contributed by atoms with Gasteiger partial charge >= 0.3 is 0 Å². The molecule has 1 saturated carbocycles. The lowest BCUT2D eigenvalue weighted by Crippen LogP contribution is -2.55. The van der Waals surface area contributed by atoms with Gasteiger partial charge in [-0.1, -0.05) is 33.6 Å². The Morgan fingerprint density at radius 1 is 1.12 bits per heavy atom. The highest BCUT2D eigenvalue weighted by Gasteiger charge is 2.37. The Bertz CT molecular complexity index is 195. The van der Waals surface area contributed by atoms with Crippen molar-refractivity contribution in [3.8, 4) is 0 Å². The van der Waals surface area contributed by atoms with Crippen molar-refractivity contribution < 1.29 is 0 Å². The van der Waals surface area contributed by atoms with E-state index in [0.29, 0.717) is 5.54 Å². The molecule has 2 nitrogen and oxygen atoms in total. The Morgan fingerprint density at radius 3 is 2.18 bits per heavy atom. The van der Waals surface area contributed by atoms with Crippen molar-refractivity contribution in [3.05, 3.63) is 0 Å². The summed E-state index contributed by atoms with van der Waals surface area (Å²) in [5, 5.41) is 0. The Labute approximate surface area is 108 Å². The van der Waals surface area contributed by atoms with Crippen LogP contribution in [-0.2, 0) is 0 Å². The fourth-order valence-corrected chi connectivity index (χ4v) is 3.56. The predicted octanol–water partition coefficient (Wildman–Crippen LogP) is 3.41. The highest BCUT2D eigenvalue weighted by atomic mass is 15.2. The summed E-state index contributed by atoms with van der Waals surface area (Å²) in [5.74, 6) is 0.972. The fraction of sp³-hybridized carbons (Fsp3) is 1.00. The van der Waals surface area contributed by atoms with Crippen LogP contribution in [0.3, 0.4) is 0 Å². The molecule has 0 aromatic heterocycles. The summed E-state index contributed by atoms with van der Waals surface area (Å²) in [5.41, 5.74) is 6.45. The van der Waals surface area contributed by atoms with Crippen molar-refractivity contribution in [2.24, 2.45) is 11.7 Å². The zero-order valence-electron chi connectivity index (χ0n) is 12.2. The first-order chi connectivity index (χ1) is 8.22. The lowest BCUT2D eigenvalue weighted by molar-refractivity contribution is 0.0450. The molecule has 0 amide bonds. The average Bonchev–Trinajstić information content (AvgIpc) is 2.38. The third-order valence-corrected chi connectivity index (χ3v) is 4.66. The molecule has 1 fully saturated rings. The SMILES string of the molecule is CCCC1CCC(CN)(N(CC)CCC)CC1. The van der Waals surface area contributed by atoms with Crippen LogP contribution in [0.25, 0.3) is 0 Å². The van der Waals surface area contributed by atoms with Gasteiger partial charge in [0.05, 0.1) is 0 Å². The quantitative estimate of drug-likeness (QED) is 0.739. The lowest BCUT2D eigenvalue weighted by Gasteiger charge is -2.47. The molecular weight excluding hydrogens is 208 g/mol. The van der Waals surface area contributed by atoms with Crippen LogP contribution in [0.5, 0.6) is 0 Å². The van der Waals surface area contributed by atoms with E-state index in [0.717, 1.165) is 19.0 Å². The summed E-state index contributed by atoms with van der Waals surface area (Å²) in [6, 6.07) is 0. The summed E-state index contributed by atoms with van der Waals surface area (Å²) >= 11 is 0. The fourth-order valence-electron chi connectivity index (χ4n) is 3.56. The normalized spacial score (nSPS) is 29.8. The van der Waals surface area contributed by atoms with Gasteiger partial charge in [0.25, 0.3) is 0 Å². The highest BCUT2D eigenvalue weighted by Crippen LogP contribution is 2.37. The number of nitrogens with two attached hydrogens (primary N) is 1. The zero-order chi connectivity index (χ0) is 12.7. The van der Waals surface area contributed by atoms with Gasteiger partial charge in [0.15, 0.2) is 0 Å². The molecule has 102 valence electrons. The van der Waals surface area contributed by atoms with Gasteiger partial charge in [-0.15, -0.1) is 0 Å². The van der Waals surface area contributed by atoms with Crippen molar-refractivity contribution in [2.75, 3.05) is 19.6 Å². The molecule has 1 aliphatic rings. The Kier molecular flexibility index (Phi) is 6.50. The van der Waals surface area contributed by atoms with E-state index in [4.69, 9.17) is 5.73 Å². The molecule has 0 atom stereocenters. The zero-order valence-corrected chi connectivity index (χ0v) is 12.2. The molecule has 0 bridgehead atoms. The molecule has 0 aliphatic heterocycles. The third-order valence-electron chi connectivity index (χ3n) is 4.66. The van der Waals surface area contributed by atoms with Crippen molar-refractivity contribution >= 4 is 0 Å². The number of nitrogens with zero attached hydrogens (tertiary/aromatic N) is 1. The largest absolute Gasteiger partial charge is 0.329 e. The third kappa shape index (κ3) is 3.69. The van der Waals surface area contributed by atoms with Crippen molar-refractivity contribution in [2.45, 2.75) is 71.3 Å². The molecule has 0 unspecified atom stereocenters. The Hall–Kier alpha value is -0.0800. The smallest absolute Gasteiger partial charge is 0.0331 e. The Morgan fingerprint density at radius 2 is 1.76 bits per heavy atom. The van der Waals surface area contributed by atoms with Crippen molar-refractivity contribution in [1.82, 2.24) is 4.90 Å². The molecule has 1 rings (SSSR count). The lowest BCUT2D eigenvalue weighted by atomic mass is 9.74. The first-order valence-electron chi connectivity index (χ1n) is 7.67. The summed E-state index contributed by atoms with van der Waals surface area (Å²) < 4.78 is 0. The standard InChI is InChI=1S/C15H32N2/c1-4-7-14-8-10-15(13-16,11-9-14)17(6-3)12-5-2/h14H,4-13,16H2,1-3H3. The van der Waals surface area contributed by atoms with Crippen LogP contribution in [-0.4, -0.2) is 30.1 Å². The maximum atomic E-state index is 6.12. The minimum atomic E-state index is 0.328. The number of likely N-dealkylation sites (N-methyl/N-ethyl adjacent to an activating group) is 1. The van der Waals surface area contributed by atoms with Crippen LogP contribution >= 0.6 is 0 Å². The van der Waals surface area contributed by atoms with Gasteiger partial charge in [0.1, 0.15) is 0 Å². The van der Waals surface area contributed by atoms with Crippen LogP contribution in [0.15, 0.2) is 0 Å². The van der Waals surface area contributed by atoms with E-state index < -0.39 is 0 Å². The van der Waals surface area contributed by atoms with Crippen LogP contribution in [0.2, 0.25) is 0 Å². The molecule has 0 heterocycles. The van der Waals surface area contributed by atoms with E-state index in [1.54, 1.807) is 0 Å². The predicted molar refractivity (Wildman–Crippen MR) is 76.2 cm³/mol. The van der Waals surface area contributed by atoms with Gasteiger partial charge in [-0.3, -0.25) is 4.90 Å². The molecule has 0 aromatic carbocycles. The minimum absolute atomic E-state index is 0.328. The van der Waals surface area contributed by atoms with Gasteiger partial charge in [0, 0.05) is 12.1 Å². The van der Waals surface area contributed by atoms with Crippen LogP contribution < -0.4 is 5.73 Å². The molecule has 2 N–H and O–H groups in total. The van der Waals surface area contributed by atoms with E-state index in [1.165, 1.54) is 51.5 Å². The van der Waals surface area contributed by atoms with Gasteiger partial charge in [0.2, 0.25) is 0 Å². The molecule has 0 aromatic rings. The maximum Gasteiger partial charge on any atom is 0.0331 e. The topological polar surface area (TPSA) is 29.3 Å². The first-order valence-corrected chi connectivity index (χ1v) is 7.67. The number of hydrogen-bond acceptors (Lipinski definition) is 2. The number of rotatable bonds is 7. The monoisotopic (exact) mass is 240 g/mol. The van der Waals surface area contributed by atoms with Crippen LogP contribution in [0.1, 0.15) is 65.7 Å². The van der Waals surface area contributed by atoms with Crippen LogP contribution in [0, 0.1) is 5.92 Å². The molecule has 0 radical (unpaired) electrons. The summed E-state index contributed by atoms with van der Waals surface area (Å²) in [6.45, 7) is 10.1. The average molecular weight is 240 g/mol. The van der Waals surface area contributed by atoms with Crippen molar-refractivity contribution in [1.29, 1.82) is 0 Å². The second kappa shape index (κ2) is 7.38. The van der Waals surface area contributed by atoms with Gasteiger partial charge in [-0.05, 0) is 51.1 Å². The van der Waals surface area contributed by atoms with E-state index in [2.05, 4.69) is 25.7 Å². The molecular formula is C15H32N2. The summed E-state index contributed by atoms with van der Waals surface area (Å²) in [6.07, 6.45) is 9.43. The Balaban J connectivity index is 2.58. The van der Waals surface area contributed by atoms with Gasteiger partial charge in [-0.25, -0.2) is 0 Å². The van der Waals surface area contributed by atoms with E-state index in [-0.39, 0.29) is 0 Å². The van der Waals surface area contributed by atoms with Crippen LogP contribution in [0.4, 0.5) is 0 Å². The highest BCUT2D eigenvalue weighted by molar-refractivity contribution is 4.95. The van der Waals surface area contributed by atoms with E-state index in [1.807, 2.05) is 0 Å². The second-order valence-electron chi connectivity index (χ2n) is 5.74. The first kappa shape index (κ1) is 15.0. The molecule has 0 saturated heterocycles. The second-order valence-corrected chi connectivity index (χ2v) is 5.74. The molecule has 1 aliphatic carbocycles. The van der Waals surface area contributed by atoms with Crippen molar-refractivity contribution in [3.63, 3.8) is 0 Å². The van der Waals surface area contributed by atoms with E-state index in [9.17, 15) is 0 Å². The summed E-state index contributed by atoms with van der Waals surface area (Å²) in [4.78, 5) is 2.65. The molecule has 0 spiro atoms. The minimum Gasteiger partial charge on any atom is -0.329 e. The summed E-state index contributed by atoms with van der Waals surface area (Å²) in [7, 11) is 0. The van der Waals surface area contributed by atoms with Gasteiger partial charge < -0.3 is 5.73 Å². The molecule has 17 heavy (non-hydrogen) atoms. The maximum absolute atomic E-state index is 6.12. The number of hydrogen-bond donors (Lipinski definition) is 1. The van der Waals surface area contributed by atoms with E-state index >= 15 is 0 Å². The van der Waals surface area contributed by atoms with Gasteiger partial charge in [-0.2, -0.15) is 0 Å².